The van der Waals surface area contributed by atoms with Crippen LogP contribution in [-0.4, -0.2) is 21.5 Å². The number of rotatable bonds is 3. The summed E-state index contributed by atoms with van der Waals surface area (Å²) in [4.78, 5) is 14.6. The van der Waals surface area contributed by atoms with Gasteiger partial charge in [0.05, 0.1) is 15.4 Å². The number of thiazole rings is 1. The van der Waals surface area contributed by atoms with Crippen molar-refractivity contribution in [3.8, 4) is 10.7 Å². The molecule has 108 valence electrons. The SMILES string of the molecule is CCNc1nc(-c2cnc(C)s2)nc2c(Br)cc(Br)cc12. The van der Waals surface area contributed by atoms with Crippen molar-refractivity contribution in [2.24, 2.45) is 0 Å². The summed E-state index contributed by atoms with van der Waals surface area (Å²) >= 11 is 8.70. The number of fused-ring (bicyclic) bond motifs is 1. The minimum absolute atomic E-state index is 0.701. The zero-order valence-corrected chi connectivity index (χ0v) is 15.4. The predicted molar refractivity (Wildman–Crippen MR) is 94.9 cm³/mol. The van der Waals surface area contributed by atoms with Gasteiger partial charge in [0.1, 0.15) is 5.82 Å². The van der Waals surface area contributed by atoms with Crippen LogP contribution in [0.15, 0.2) is 27.3 Å². The minimum Gasteiger partial charge on any atom is -0.370 e. The van der Waals surface area contributed by atoms with Crippen molar-refractivity contribution in [2.45, 2.75) is 13.8 Å². The Bertz CT molecular complexity index is 816. The lowest BCUT2D eigenvalue weighted by atomic mass is 10.2. The van der Waals surface area contributed by atoms with Crippen molar-refractivity contribution in [2.75, 3.05) is 11.9 Å². The summed E-state index contributed by atoms with van der Waals surface area (Å²) in [5.41, 5.74) is 0.894. The Hall–Kier alpha value is -1.05. The number of nitrogens with one attached hydrogen (secondary N) is 1. The predicted octanol–water partition coefficient (Wildman–Crippen LogP) is 5.02. The Kier molecular flexibility index (Phi) is 4.24. The van der Waals surface area contributed by atoms with Gasteiger partial charge in [-0.2, -0.15) is 0 Å². The van der Waals surface area contributed by atoms with Crippen LogP contribution in [0.1, 0.15) is 11.9 Å². The van der Waals surface area contributed by atoms with E-state index in [1.807, 2.05) is 25.3 Å². The maximum absolute atomic E-state index is 4.69. The van der Waals surface area contributed by atoms with E-state index >= 15 is 0 Å². The molecule has 0 amide bonds. The van der Waals surface area contributed by atoms with Crippen LogP contribution in [0.3, 0.4) is 0 Å². The molecule has 0 bridgehead atoms. The lowest BCUT2D eigenvalue weighted by molar-refractivity contribution is 1.15. The highest BCUT2D eigenvalue weighted by Gasteiger charge is 2.13. The van der Waals surface area contributed by atoms with E-state index in [9.17, 15) is 0 Å². The molecule has 0 spiro atoms. The first-order valence-corrected chi connectivity index (χ1v) is 8.82. The van der Waals surface area contributed by atoms with Crippen molar-refractivity contribution in [3.63, 3.8) is 0 Å². The zero-order valence-electron chi connectivity index (χ0n) is 11.4. The number of hydrogen-bond acceptors (Lipinski definition) is 5. The molecule has 2 aromatic heterocycles. The average Bonchev–Trinajstić information content (AvgIpc) is 2.86. The molecule has 0 saturated carbocycles. The molecule has 0 aliphatic carbocycles. The van der Waals surface area contributed by atoms with Crippen LogP contribution >= 0.6 is 43.2 Å². The lowest BCUT2D eigenvalue weighted by Gasteiger charge is -2.10. The van der Waals surface area contributed by atoms with Gasteiger partial charge in [0, 0.05) is 27.1 Å². The molecular weight excluding hydrogens is 416 g/mol. The van der Waals surface area contributed by atoms with Crippen LogP contribution in [0.25, 0.3) is 21.6 Å². The second-order valence-electron chi connectivity index (χ2n) is 4.45. The van der Waals surface area contributed by atoms with E-state index in [1.54, 1.807) is 11.3 Å². The van der Waals surface area contributed by atoms with Crippen LogP contribution in [0.2, 0.25) is 0 Å². The van der Waals surface area contributed by atoms with Crippen molar-refractivity contribution in [1.29, 1.82) is 0 Å². The third-order valence-corrected chi connectivity index (χ3v) is 4.88. The van der Waals surface area contributed by atoms with Crippen molar-refractivity contribution in [3.05, 3.63) is 32.3 Å². The van der Waals surface area contributed by atoms with Crippen LogP contribution in [-0.2, 0) is 0 Å². The maximum Gasteiger partial charge on any atom is 0.173 e. The van der Waals surface area contributed by atoms with Gasteiger partial charge < -0.3 is 5.32 Å². The molecule has 21 heavy (non-hydrogen) atoms. The lowest BCUT2D eigenvalue weighted by Crippen LogP contribution is -2.03. The Balaban J connectivity index is 2.28. The van der Waals surface area contributed by atoms with E-state index in [4.69, 9.17) is 4.98 Å². The van der Waals surface area contributed by atoms with Gasteiger partial charge in [0.2, 0.25) is 0 Å². The van der Waals surface area contributed by atoms with E-state index in [1.165, 1.54) is 0 Å². The Morgan fingerprint density at radius 3 is 2.71 bits per heavy atom. The quantitative estimate of drug-likeness (QED) is 0.637. The average molecular weight is 428 g/mol. The van der Waals surface area contributed by atoms with Gasteiger partial charge in [-0.15, -0.1) is 11.3 Å². The highest BCUT2D eigenvalue weighted by Crippen LogP contribution is 2.33. The van der Waals surface area contributed by atoms with Gasteiger partial charge in [-0.05, 0) is 41.9 Å². The summed E-state index contributed by atoms with van der Waals surface area (Å²) < 4.78 is 1.93. The monoisotopic (exact) mass is 426 g/mol. The number of nitrogens with zero attached hydrogens (tertiary/aromatic N) is 3. The summed E-state index contributed by atoms with van der Waals surface area (Å²) in [6.45, 7) is 4.84. The fourth-order valence-corrected chi connectivity index (χ4v) is 4.06. The molecule has 1 aromatic carbocycles. The van der Waals surface area contributed by atoms with Gasteiger partial charge in [-0.25, -0.2) is 15.0 Å². The van der Waals surface area contributed by atoms with E-state index < -0.39 is 0 Å². The second kappa shape index (κ2) is 5.98. The third kappa shape index (κ3) is 2.95. The number of halogens is 2. The molecular formula is C14H12Br2N4S. The molecule has 0 atom stereocenters. The van der Waals surface area contributed by atoms with Crippen LogP contribution in [0.4, 0.5) is 5.82 Å². The summed E-state index contributed by atoms with van der Waals surface area (Å²) in [5, 5.41) is 5.31. The molecule has 0 aliphatic rings. The minimum atomic E-state index is 0.701. The first-order valence-electron chi connectivity index (χ1n) is 6.42. The molecule has 3 rings (SSSR count). The van der Waals surface area contributed by atoms with Crippen molar-refractivity contribution >= 4 is 59.9 Å². The number of hydrogen-bond donors (Lipinski definition) is 1. The molecule has 0 fully saturated rings. The number of aryl methyl sites for hydroxylation is 1. The summed E-state index contributed by atoms with van der Waals surface area (Å²) in [7, 11) is 0. The number of anilines is 1. The third-order valence-electron chi connectivity index (χ3n) is 2.90. The van der Waals surface area contributed by atoms with E-state index in [-0.39, 0.29) is 0 Å². The molecule has 1 N–H and O–H groups in total. The Labute approximate surface area is 143 Å². The first kappa shape index (κ1) is 14.9. The molecule has 3 aromatic rings. The van der Waals surface area contributed by atoms with Crippen molar-refractivity contribution < 1.29 is 0 Å². The summed E-state index contributed by atoms with van der Waals surface area (Å²) in [6, 6.07) is 4.02. The largest absolute Gasteiger partial charge is 0.370 e. The molecule has 4 nitrogen and oxygen atoms in total. The highest BCUT2D eigenvalue weighted by molar-refractivity contribution is 9.11. The fourth-order valence-electron chi connectivity index (χ4n) is 2.03. The molecule has 0 radical (unpaired) electrons. The standard InChI is InChI=1S/C14H12Br2N4S/c1-3-17-13-9-4-8(15)5-10(16)12(9)19-14(20-13)11-6-18-7(2)21-11/h4-6H,3H2,1-2H3,(H,17,19,20). The van der Waals surface area contributed by atoms with Crippen molar-refractivity contribution in [1.82, 2.24) is 15.0 Å². The normalized spacial score (nSPS) is 11.0. The molecule has 7 heteroatoms. The molecule has 2 heterocycles. The molecule has 0 saturated heterocycles. The Morgan fingerprint density at radius 2 is 2.05 bits per heavy atom. The highest BCUT2D eigenvalue weighted by atomic mass is 79.9. The van der Waals surface area contributed by atoms with Crippen LogP contribution < -0.4 is 5.32 Å². The summed E-state index contributed by atoms with van der Waals surface area (Å²) in [5.74, 6) is 1.54. The van der Waals surface area contributed by atoms with E-state index in [0.717, 1.165) is 42.1 Å². The fraction of sp³-hybridized carbons (Fsp3) is 0.214. The zero-order chi connectivity index (χ0) is 15.0. The van der Waals surface area contributed by atoms with Gasteiger partial charge in [-0.3, -0.25) is 0 Å². The molecule has 0 aliphatic heterocycles. The second-order valence-corrected chi connectivity index (χ2v) is 7.46. The first-order chi connectivity index (χ1) is 10.1. The maximum atomic E-state index is 4.69. The Morgan fingerprint density at radius 1 is 1.24 bits per heavy atom. The van der Waals surface area contributed by atoms with Gasteiger partial charge in [0.25, 0.3) is 0 Å². The van der Waals surface area contributed by atoms with E-state index in [0.29, 0.717) is 5.82 Å². The van der Waals surface area contributed by atoms with Gasteiger partial charge >= 0.3 is 0 Å². The topological polar surface area (TPSA) is 50.7 Å². The van der Waals surface area contributed by atoms with Crippen LogP contribution in [0.5, 0.6) is 0 Å². The number of aromatic nitrogens is 3. The molecule has 0 unspecified atom stereocenters. The number of benzene rings is 1. The van der Waals surface area contributed by atoms with Crippen LogP contribution in [0, 0.1) is 6.92 Å². The van der Waals surface area contributed by atoms with Gasteiger partial charge in [-0.1, -0.05) is 15.9 Å². The van der Waals surface area contributed by atoms with E-state index in [2.05, 4.69) is 54.1 Å². The van der Waals surface area contributed by atoms with Gasteiger partial charge in [0.15, 0.2) is 5.82 Å². The summed E-state index contributed by atoms with van der Waals surface area (Å²) in [6.07, 6.45) is 1.82. The smallest absolute Gasteiger partial charge is 0.173 e.